The molecule has 1 N–H and O–H groups in total. The summed E-state index contributed by atoms with van der Waals surface area (Å²) in [5.74, 6) is 0.449. The third kappa shape index (κ3) is 5.05. The lowest BCUT2D eigenvalue weighted by atomic mass is 10.1. The highest BCUT2D eigenvalue weighted by Crippen LogP contribution is 2.32. The first-order chi connectivity index (χ1) is 14.0. The number of sulfonamides is 1. The van der Waals surface area contributed by atoms with Crippen LogP contribution < -0.4 is 14.2 Å². The maximum absolute atomic E-state index is 12.1. The van der Waals surface area contributed by atoms with E-state index in [4.69, 9.17) is 9.47 Å². The quantitative estimate of drug-likeness (QED) is 0.672. The van der Waals surface area contributed by atoms with Crippen LogP contribution in [0.5, 0.6) is 11.5 Å². The zero-order chi connectivity index (χ0) is 20.3. The first-order valence-electron chi connectivity index (χ1n) is 9.27. The van der Waals surface area contributed by atoms with E-state index in [1.807, 2.05) is 22.9 Å². The topological polar surface area (TPSA) is 114 Å². The predicted molar refractivity (Wildman–Crippen MR) is 102 cm³/mol. The smallest absolute Gasteiger partial charge is 0.303 e. The van der Waals surface area contributed by atoms with E-state index in [0.717, 1.165) is 49.8 Å². The number of benzene rings is 1. The highest BCUT2D eigenvalue weighted by molar-refractivity contribution is 7.90. The average molecular weight is 422 g/mol. The Morgan fingerprint density at radius 1 is 1.07 bits per heavy atom. The summed E-state index contributed by atoms with van der Waals surface area (Å²) in [6.07, 6.45) is 1.28. The zero-order valence-electron chi connectivity index (χ0n) is 15.7. The Labute approximate surface area is 168 Å². The van der Waals surface area contributed by atoms with Gasteiger partial charge in [-0.1, -0.05) is 11.2 Å². The molecule has 0 spiro atoms. The van der Waals surface area contributed by atoms with Crippen molar-refractivity contribution in [2.75, 3.05) is 45.3 Å². The van der Waals surface area contributed by atoms with Gasteiger partial charge in [0, 0.05) is 45.3 Å². The fourth-order valence-electron chi connectivity index (χ4n) is 3.29. The first-order valence-corrected chi connectivity index (χ1v) is 10.9. The zero-order valence-corrected chi connectivity index (χ0v) is 16.6. The maximum Gasteiger partial charge on any atom is 0.303 e. The van der Waals surface area contributed by atoms with Crippen LogP contribution in [-0.4, -0.2) is 74.6 Å². The van der Waals surface area contributed by atoms with Gasteiger partial charge in [-0.05, 0) is 17.7 Å². The highest BCUT2D eigenvalue weighted by Gasteiger charge is 2.22. The molecular weight excluding hydrogens is 400 g/mol. The SMILES string of the molecule is O=C(NS(=O)(=O)CCN1CCN(Cc2ccc3c(c2)OCO3)CC1)c1ccno1. The normalized spacial score (nSPS) is 17.4. The molecule has 1 aromatic carbocycles. The Hall–Kier alpha value is -2.63. The molecule has 29 heavy (non-hydrogen) atoms. The second-order valence-electron chi connectivity index (χ2n) is 6.93. The van der Waals surface area contributed by atoms with Crippen LogP contribution in [0.25, 0.3) is 0 Å². The molecular formula is C18H22N4O6S. The minimum Gasteiger partial charge on any atom is -0.454 e. The van der Waals surface area contributed by atoms with Crippen LogP contribution in [0.1, 0.15) is 16.1 Å². The van der Waals surface area contributed by atoms with Gasteiger partial charge in [-0.15, -0.1) is 0 Å². The summed E-state index contributed by atoms with van der Waals surface area (Å²) in [6, 6.07) is 7.26. The second kappa shape index (κ2) is 8.39. The third-order valence-corrected chi connectivity index (χ3v) is 6.11. The molecule has 1 amide bonds. The summed E-state index contributed by atoms with van der Waals surface area (Å²) in [5.41, 5.74) is 1.15. The molecule has 0 unspecified atom stereocenters. The number of fused-ring (bicyclic) bond motifs is 1. The molecule has 0 atom stereocenters. The van der Waals surface area contributed by atoms with Crippen molar-refractivity contribution in [1.82, 2.24) is 19.7 Å². The standard InChI is InChI=1S/C18H22N4O6S/c23-18(16-3-4-19-28-16)20-29(24,25)10-9-21-5-7-22(8-6-21)12-14-1-2-15-17(11-14)27-13-26-15/h1-4,11H,5-10,12-13H2,(H,20,23). The lowest BCUT2D eigenvalue weighted by Crippen LogP contribution is -2.48. The van der Waals surface area contributed by atoms with E-state index < -0.39 is 15.9 Å². The van der Waals surface area contributed by atoms with Crippen molar-refractivity contribution in [1.29, 1.82) is 0 Å². The molecule has 3 heterocycles. The number of carbonyl (C=O) groups is 1. The molecule has 2 aliphatic rings. The predicted octanol–water partition coefficient (Wildman–Crippen LogP) is 0.281. The van der Waals surface area contributed by atoms with Crippen LogP contribution in [0.3, 0.4) is 0 Å². The average Bonchev–Trinajstić information content (AvgIpc) is 3.39. The van der Waals surface area contributed by atoms with Crippen LogP contribution in [0, 0.1) is 0 Å². The number of rotatable bonds is 7. The van der Waals surface area contributed by atoms with Crippen LogP contribution >= 0.6 is 0 Å². The Morgan fingerprint density at radius 3 is 2.59 bits per heavy atom. The van der Waals surface area contributed by atoms with Crippen molar-refractivity contribution >= 4 is 15.9 Å². The number of nitrogens with one attached hydrogen (secondary N) is 1. The summed E-state index contributed by atoms with van der Waals surface area (Å²) < 4.78 is 41.7. The summed E-state index contributed by atoms with van der Waals surface area (Å²) in [6.45, 7) is 4.61. The summed E-state index contributed by atoms with van der Waals surface area (Å²) >= 11 is 0. The first kappa shape index (κ1) is 19.7. The van der Waals surface area contributed by atoms with Crippen molar-refractivity contribution in [2.45, 2.75) is 6.54 Å². The molecule has 2 aliphatic heterocycles. The number of aromatic nitrogens is 1. The van der Waals surface area contributed by atoms with Gasteiger partial charge in [0.1, 0.15) is 0 Å². The minimum atomic E-state index is -3.74. The number of hydrogen-bond donors (Lipinski definition) is 1. The lowest BCUT2D eigenvalue weighted by Gasteiger charge is -2.34. The van der Waals surface area contributed by atoms with Gasteiger partial charge < -0.3 is 14.0 Å². The number of ether oxygens (including phenoxy) is 2. The molecule has 0 radical (unpaired) electrons. The minimum absolute atomic E-state index is 0.134. The molecule has 2 aromatic rings. The lowest BCUT2D eigenvalue weighted by molar-refractivity contribution is 0.0945. The molecule has 1 fully saturated rings. The van der Waals surface area contributed by atoms with Crippen LogP contribution in [-0.2, 0) is 16.6 Å². The Kier molecular flexibility index (Phi) is 5.69. The van der Waals surface area contributed by atoms with Crippen molar-refractivity contribution in [3.05, 3.63) is 41.8 Å². The van der Waals surface area contributed by atoms with Gasteiger partial charge in [0.25, 0.3) is 0 Å². The molecule has 1 aromatic heterocycles. The molecule has 10 nitrogen and oxygen atoms in total. The molecule has 1 saturated heterocycles. The largest absolute Gasteiger partial charge is 0.454 e. The molecule has 0 saturated carbocycles. The highest BCUT2D eigenvalue weighted by atomic mass is 32.2. The van der Waals surface area contributed by atoms with E-state index in [9.17, 15) is 13.2 Å². The number of carbonyl (C=O) groups excluding carboxylic acids is 1. The fraction of sp³-hybridized carbons (Fsp3) is 0.444. The Bertz CT molecular complexity index is 955. The number of nitrogens with zero attached hydrogens (tertiary/aromatic N) is 3. The van der Waals surface area contributed by atoms with Gasteiger partial charge in [-0.2, -0.15) is 0 Å². The van der Waals surface area contributed by atoms with Crippen molar-refractivity contribution in [3.63, 3.8) is 0 Å². The summed E-state index contributed by atoms with van der Waals surface area (Å²) in [4.78, 5) is 16.2. The van der Waals surface area contributed by atoms with Crippen molar-refractivity contribution < 1.29 is 27.2 Å². The summed E-state index contributed by atoms with van der Waals surface area (Å²) in [7, 11) is -3.74. The van der Waals surface area contributed by atoms with Crippen LogP contribution in [0.4, 0.5) is 0 Å². The van der Waals surface area contributed by atoms with Crippen LogP contribution in [0.15, 0.2) is 35.0 Å². The number of hydrogen-bond acceptors (Lipinski definition) is 9. The van der Waals surface area contributed by atoms with Crippen LogP contribution in [0.2, 0.25) is 0 Å². The molecule has 11 heteroatoms. The molecule has 4 rings (SSSR count). The molecule has 156 valence electrons. The van der Waals surface area contributed by atoms with Gasteiger partial charge in [-0.25, -0.2) is 13.1 Å². The third-order valence-electron chi connectivity index (χ3n) is 4.89. The van der Waals surface area contributed by atoms with E-state index in [0.29, 0.717) is 6.54 Å². The number of amides is 1. The van der Waals surface area contributed by atoms with E-state index in [2.05, 4.69) is 19.5 Å². The Morgan fingerprint density at radius 2 is 1.83 bits per heavy atom. The number of piperazine rings is 1. The van der Waals surface area contributed by atoms with Gasteiger partial charge in [0.15, 0.2) is 11.5 Å². The Balaban J connectivity index is 1.21. The van der Waals surface area contributed by atoms with E-state index in [1.54, 1.807) is 0 Å². The van der Waals surface area contributed by atoms with Gasteiger partial charge in [-0.3, -0.25) is 14.6 Å². The molecule has 0 aliphatic carbocycles. The van der Waals surface area contributed by atoms with E-state index in [1.165, 1.54) is 12.3 Å². The van der Waals surface area contributed by atoms with E-state index >= 15 is 0 Å². The van der Waals surface area contributed by atoms with Gasteiger partial charge in [0.2, 0.25) is 22.6 Å². The maximum atomic E-state index is 12.1. The van der Waals surface area contributed by atoms with Crippen molar-refractivity contribution in [3.8, 4) is 11.5 Å². The summed E-state index contributed by atoms with van der Waals surface area (Å²) in [5, 5.41) is 3.39. The molecule has 0 bridgehead atoms. The second-order valence-corrected chi connectivity index (χ2v) is 8.77. The monoisotopic (exact) mass is 422 g/mol. The fourth-order valence-corrected chi connectivity index (χ4v) is 4.28. The van der Waals surface area contributed by atoms with Gasteiger partial charge >= 0.3 is 5.91 Å². The van der Waals surface area contributed by atoms with Gasteiger partial charge in [0.05, 0.1) is 11.9 Å². The van der Waals surface area contributed by atoms with E-state index in [-0.39, 0.29) is 18.3 Å². The van der Waals surface area contributed by atoms with Crippen molar-refractivity contribution in [2.24, 2.45) is 0 Å².